The minimum absolute atomic E-state index is 0.109. The molecule has 1 amide bonds. The number of aromatic hydroxyl groups is 1. The molecule has 182 valence electrons. The summed E-state index contributed by atoms with van der Waals surface area (Å²) in [6, 6.07) is 17.9. The molecular formula is C28H25FN4O3. The number of nitrogens with one attached hydrogen (secondary N) is 1. The highest BCUT2D eigenvalue weighted by Crippen LogP contribution is 2.46. The molecule has 5 heterocycles. The summed E-state index contributed by atoms with van der Waals surface area (Å²) >= 11 is 0. The number of amides is 1. The first-order chi connectivity index (χ1) is 17.6. The van der Waals surface area contributed by atoms with E-state index < -0.39 is 18.1 Å². The zero-order chi connectivity index (χ0) is 24.8. The molecular weight excluding hydrogens is 459 g/mol. The molecule has 4 atom stereocenters. The van der Waals surface area contributed by atoms with E-state index in [4.69, 9.17) is 4.74 Å². The van der Waals surface area contributed by atoms with Gasteiger partial charge in [-0.1, -0.05) is 49.0 Å². The summed E-state index contributed by atoms with van der Waals surface area (Å²) in [5, 5.41) is 19.9. The Morgan fingerprint density at radius 2 is 1.92 bits per heavy atom. The number of aromatic amines is 1. The van der Waals surface area contributed by atoms with Crippen LogP contribution in [0.15, 0.2) is 73.3 Å². The van der Waals surface area contributed by atoms with Crippen LogP contribution in [-0.4, -0.2) is 63.1 Å². The molecule has 2 aromatic carbocycles. The summed E-state index contributed by atoms with van der Waals surface area (Å²) < 4.78 is 22.1. The number of piperidine rings is 1. The van der Waals surface area contributed by atoms with Crippen molar-refractivity contribution in [2.24, 2.45) is 5.92 Å². The molecule has 2 N–H and O–H groups in total. The van der Waals surface area contributed by atoms with Gasteiger partial charge in [-0.25, -0.2) is 4.39 Å². The zero-order valence-corrected chi connectivity index (χ0v) is 19.5. The highest BCUT2D eigenvalue weighted by atomic mass is 19.1. The molecule has 0 aliphatic carbocycles. The molecule has 36 heavy (non-hydrogen) atoms. The number of phenolic OH excluding ortho intramolecular Hbond substituents is 1. The molecule has 3 saturated heterocycles. The van der Waals surface area contributed by atoms with Gasteiger partial charge in [0.05, 0.1) is 24.9 Å². The minimum Gasteiger partial charge on any atom is -0.507 e. The van der Waals surface area contributed by atoms with Crippen LogP contribution in [0.3, 0.4) is 0 Å². The molecule has 8 heteroatoms. The van der Waals surface area contributed by atoms with Crippen molar-refractivity contribution in [3.8, 4) is 28.1 Å². The Morgan fingerprint density at radius 3 is 2.69 bits per heavy atom. The third-order valence-corrected chi connectivity index (χ3v) is 7.29. The Labute approximate surface area is 207 Å². The topological polar surface area (TPSA) is 91.3 Å². The second kappa shape index (κ2) is 8.87. The van der Waals surface area contributed by atoms with E-state index in [1.54, 1.807) is 23.1 Å². The van der Waals surface area contributed by atoms with Gasteiger partial charge in [0, 0.05) is 40.6 Å². The molecule has 3 aliphatic rings. The number of hydrogen-bond acceptors (Lipinski definition) is 5. The highest BCUT2D eigenvalue weighted by molar-refractivity contribution is 5.97. The lowest BCUT2D eigenvalue weighted by molar-refractivity contribution is -0.133. The van der Waals surface area contributed by atoms with Gasteiger partial charge in [-0.15, -0.1) is 10.2 Å². The summed E-state index contributed by atoms with van der Waals surface area (Å²) in [5.74, 6) is -0.944. The number of halogens is 1. The Kier molecular flexibility index (Phi) is 5.53. The number of carbonyl (C=O) groups is 1. The van der Waals surface area contributed by atoms with Gasteiger partial charge in [0.1, 0.15) is 11.9 Å². The maximum atomic E-state index is 16.3. The number of H-pyrrole nitrogens is 1. The van der Waals surface area contributed by atoms with E-state index in [9.17, 15) is 9.90 Å². The predicted octanol–water partition coefficient (Wildman–Crippen LogP) is 4.46. The fraction of sp³-hybridized carbons (Fsp3) is 0.250. The lowest BCUT2D eigenvalue weighted by Gasteiger charge is -2.42. The first-order valence-corrected chi connectivity index (χ1v) is 11.9. The van der Waals surface area contributed by atoms with Crippen molar-refractivity contribution in [3.63, 3.8) is 0 Å². The molecule has 7 nitrogen and oxygen atoms in total. The van der Waals surface area contributed by atoms with E-state index in [1.165, 1.54) is 6.08 Å². The number of hydrogen-bond donors (Lipinski definition) is 2. The van der Waals surface area contributed by atoms with Gasteiger partial charge >= 0.3 is 0 Å². The summed E-state index contributed by atoms with van der Waals surface area (Å²) in [6.07, 6.45) is -0.104. The monoisotopic (exact) mass is 484 g/mol. The lowest BCUT2D eigenvalue weighted by Crippen LogP contribution is -2.55. The maximum absolute atomic E-state index is 16.3. The van der Waals surface area contributed by atoms with Crippen molar-refractivity contribution in [2.75, 3.05) is 19.8 Å². The molecule has 2 bridgehead atoms. The van der Waals surface area contributed by atoms with Gasteiger partial charge in [-0.3, -0.25) is 4.79 Å². The van der Waals surface area contributed by atoms with Gasteiger partial charge in [0.15, 0.2) is 5.65 Å². The van der Waals surface area contributed by atoms with Crippen molar-refractivity contribution in [1.29, 1.82) is 0 Å². The third-order valence-electron chi connectivity index (χ3n) is 7.29. The van der Waals surface area contributed by atoms with Crippen LogP contribution < -0.4 is 0 Å². The fourth-order valence-corrected chi connectivity index (χ4v) is 5.61. The van der Waals surface area contributed by atoms with E-state index in [-0.39, 0.29) is 24.2 Å². The number of carbonyl (C=O) groups excluding carboxylic acids is 1. The second-order valence-electron chi connectivity index (χ2n) is 9.32. The number of ether oxygens (including phenoxy) is 1. The molecule has 0 radical (unpaired) electrons. The molecule has 7 rings (SSSR count). The molecule has 0 spiro atoms. The zero-order valence-electron chi connectivity index (χ0n) is 19.5. The highest BCUT2D eigenvalue weighted by Gasteiger charge is 2.49. The largest absolute Gasteiger partial charge is 0.507 e. The lowest BCUT2D eigenvalue weighted by atomic mass is 9.77. The van der Waals surface area contributed by atoms with Gasteiger partial charge in [-0.2, -0.15) is 0 Å². The Hall–Kier alpha value is -4.04. The first-order valence-electron chi connectivity index (χ1n) is 11.9. The predicted molar refractivity (Wildman–Crippen MR) is 134 cm³/mol. The van der Waals surface area contributed by atoms with Crippen LogP contribution in [0.1, 0.15) is 11.6 Å². The van der Waals surface area contributed by atoms with Gasteiger partial charge in [-0.05, 0) is 29.8 Å². The number of alkyl halides is 1. The molecule has 2 aromatic heterocycles. The average Bonchev–Trinajstić information content (AvgIpc) is 3.03. The summed E-state index contributed by atoms with van der Waals surface area (Å²) in [6.45, 7) is 4.46. The number of aromatic nitrogens is 3. The van der Waals surface area contributed by atoms with Crippen molar-refractivity contribution in [3.05, 3.63) is 79.0 Å². The van der Waals surface area contributed by atoms with E-state index in [0.717, 1.165) is 22.2 Å². The van der Waals surface area contributed by atoms with Crippen LogP contribution in [0.5, 0.6) is 5.75 Å². The summed E-state index contributed by atoms with van der Waals surface area (Å²) in [7, 11) is 0. The van der Waals surface area contributed by atoms with Crippen LogP contribution in [-0.2, 0) is 9.53 Å². The number of nitrogens with zero attached hydrogens (tertiary/aromatic N) is 3. The third kappa shape index (κ3) is 3.56. The Balaban J connectivity index is 1.54. The molecule has 3 aliphatic heterocycles. The average molecular weight is 485 g/mol. The van der Waals surface area contributed by atoms with Crippen LogP contribution in [0.2, 0.25) is 0 Å². The van der Waals surface area contributed by atoms with Crippen molar-refractivity contribution in [1.82, 2.24) is 20.1 Å². The van der Waals surface area contributed by atoms with Crippen molar-refractivity contribution in [2.45, 2.75) is 18.1 Å². The number of rotatable bonds is 4. The number of fused-ring (bicyclic) bond motifs is 5. The van der Waals surface area contributed by atoms with E-state index in [0.29, 0.717) is 30.1 Å². The summed E-state index contributed by atoms with van der Waals surface area (Å²) in [4.78, 5) is 17.4. The van der Waals surface area contributed by atoms with E-state index in [1.807, 2.05) is 42.5 Å². The molecule has 0 unspecified atom stereocenters. The second-order valence-corrected chi connectivity index (χ2v) is 9.32. The van der Waals surface area contributed by atoms with Crippen molar-refractivity contribution >= 4 is 16.9 Å². The van der Waals surface area contributed by atoms with Crippen LogP contribution in [0.25, 0.3) is 33.4 Å². The smallest absolute Gasteiger partial charge is 0.246 e. The minimum atomic E-state index is -1.34. The summed E-state index contributed by atoms with van der Waals surface area (Å²) in [5.41, 5.74) is 4.11. The quantitative estimate of drug-likeness (QED) is 0.418. The number of para-hydroxylation sites is 1. The van der Waals surface area contributed by atoms with Gasteiger partial charge < -0.3 is 19.7 Å². The molecule has 3 fully saturated rings. The van der Waals surface area contributed by atoms with E-state index >= 15 is 4.39 Å². The number of benzene rings is 2. The first kappa shape index (κ1) is 22.4. The van der Waals surface area contributed by atoms with Crippen LogP contribution >= 0.6 is 0 Å². The van der Waals surface area contributed by atoms with E-state index in [2.05, 4.69) is 21.8 Å². The Bertz CT molecular complexity index is 1450. The van der Waals surface area contributed by atoms with Gasteiger partial charge in [0.25, 0.3) is 0 Å². The number of phenols is 1. The van der Waals surface area contributed by atoms with Crippen molar-refractivity contribution < 1.29 is 19.0 Å². The maximum Gasteiger partial charge on any atom is 0.246 e. The standard InChI is InChI=1S/C28H25FN4O3/c1-2-23(35)33-13-17-14-36-15-21(33)26(29)25(17)27-24(16-8-4-3-5-9-16)19-12-20(31-32-28(19)30-27)18-10-6-7-11-22(18)34/h2-12,17,21,25-26,34H,1,13-15H2,(H,30,32)/t17-,21+,25-,26-/m0/s1. The molecule has 0 saturated carbocycles. The Morgan fingerprint density at radius 1 is 1.14 bits per heavy atom. The van der Waals surface area contributed by atoms with Crippen LogP contribution in [0, 0.1) is 5.92 Å². The van der Waals surface area contributed by atoms with Crippen LogP contribution in [0.4, 0.5) is 4.39 Å². The molecule has 4 aromatic rings. The van der Waals surface area contributed by atoms with Gasteiger partial charge in [0.2, 0.25) is 5.91 Å². The normalized spacial score (nSPS) is 23.5. The fourth-order valence-electron chi connectivity index (χ4n) is 5.61. The SMILES string of the molecule is C=CC(=O)N1C[C@H]2COC[C@@H]1[C@H](F)[C@H]2c1[nH]c2nnc(-c3ccccc3O)cc2c1-c1ccccc1.